The van der Waals surface area contributed by atoms with E-state index in [0.717, 1.165) is 30.0 Å². The first-order valence-electron chi connectivity index (χ1n) is 9.36. The number of rotatable bonds is 10. The normalized spacial score (nSPS) is 11.9. The van der Waals surface area contributed by atoms with E-state index in [1.54, 1.807) is 19.2 Å². The van der Waals surface area contributed by atoms with Crippen LogP contribution in [0.3, 0.4) is 0 Å². The molecular formula is C21H27N3O4. The third kappa shape index (κ3) is 5.79. The summed E-state index contributed by atoms with van der Waals surface area (Å²) in [6.45, 7) is 6.37. The number of nitro groups is 1. The first-order chi connectivity index (χ1) is 13.5. The van der Waals surface area contributed by atoms with Crippen LogP contribution in [-0.2, 0) is 11.2 Å². The standard InChI is InChI=1S/C21H27N3O4/c1-4-23(5-2)20(17-7-6-8-19(14-17)28-3)15-22-21(25)13-16-9-11-18(12-10-16)24(26)27/h6-12,14,20H,4-5,13,15H2,1-3H3,(H,22,25). The summed E-state index contributed by atoms with van der Waals surface area (Å²) in [7, 11) is 1.64. The number of nitrogens with one attached hydrogen (secondary N) is 1. The number of carbonyl (C=O) groups is 1. The average molecular weight is 385 g/mol. The molecule has 0 aliphatic heterocycles. The molecule has 0 saturated carbocycles. The van der Waals surface area contributed by atoms with Crippen molar-refractivity contribution < 1.29 is 14.5 Å². The number of ether oxygens (including phenoxy) is 1. The Morgan fingerprint density at radius 3 is 2.43 bits per heavy atom. The number of hydrogen-bond acceptors (Lipinski definition) is 5. The van der Waals surface area contributed by atoms with Gasteiger partial charge in [-0.3, -0.25) is 19.8 Å². The van der Waals surface area contributed by atoms with Gasteiger partial charge in [0.15, 0.2) is 0 Å². The summed E-state index contributed by atoms with van der Waals surface area (Å²) in [4.78, 5) is 25.0. The van der Waals surface area contributed by atoms with Crippen molar-refractivity contribution in [3.8, 4) is 5.75 Å². The van der Waals surface area contributed by atoms with Crippen molar-refractivity contribution in [3.63, 3.8) is 0 Å². The second kappa shape index (κ2) is 10.4. The molecule has 1 unspecified atom stereocenters. The average Bonchev–Trinajstić information content (AvgIpc) is 2.71. The topological polar surface area (TPSA) is 84.7 Å². The van der Waals surface area contributed by atoms with Crippen LogP contribution < -0.4 is 10.1 Å². The lowest BCUT2D eigenvalue weighted by molar-refractivity contribution is -0.384. The van der Waals surface area contributed by atoms with E-state index in [9.17, 15) is 14.9 Å². The highest BCUT2D eigenvalue weighted by Crippen LogP contribution is 2.24. The molecule has 0 spiro atoms. The number of nitro benzene ring substituents is 1. The third-order valence-electron chi connectivity index (χ3n) is 4.74. The molecule has 0 bridgehead atoms. The molecule has 28 heavy (non-hydrogen) atoms. The van der Waals surface area contributed by atoms with Gasteiger partial charge in [0.2, 0.25) is 5.91 Å². The number of methoxy groups -OCH3 is 1. The first-order valence-corrected chi connectivity index (χ1v) is 9.36. The van der Waals surface area contributed by atoms with Gasteiger partial charge >= 0.3 is 0 Å². The predicted octanol–water partition coefficient (Wildman–Crippen LogP) is 3.35. The number of carbonyl (C=O) groups excluding carboxylic acids is 1. The zero-order chi connectivity index (χ0) is 20.5. The Labute approximate surface area is 165 Å². The van der Waals surface area contributed by atoms with Gasteiger partial charge in [-0.15, -0.1) is 0 Å². The van der Waals surface area contributed by atoms with Crippen molar-refractivity contribution in [2.24, 2.45) is 0 Å². The summed E-state index contributed by atoms with van der Waals surface area (Å²) in [5, 5.41) is 13.7. The van der Waals surface area contributed by atoms with Crippen molar-refractivity contribution in [3.05, 3.63) is 69.8 Å². The van der Waals surface area contributed by atoms with E-state index in [0.29, 0.717) is 6.54 Å². The molecule has 0 aliphatic carbocycles. The fourth-order valence-corrected chi connectivity index (χ4v) is 3.16. The van der Waals surface area contributed by atoms with Crippen LogP contribution in [0, 0.1) is 10.1 Å². The van der Waals surface area contributed by atoms with E-state index in [1.165, 1.54) is 12.1 Å². The first kappa shape index (κ1) is 21.4. The Balaban J connectivity index is 2.05. The van der Waals surface area contributed by atoms with Crippen LogP contribution in [0.25, 0.3) is 0 Å². The van der Waals surface area contributed by atoms with Crippen molar-refractivity contribution in [2.75, 3.05) is 26.7 Å². The monoisotopic (exact) mass is 385 g/mol. The molecule has 1 atom stereocenters. The molecular weight excluding hydrogens is 358 g/mol. The van der Waals surface area contributed by atoms with Crippen molar-refractivity contribution in [1.82, 2.24) is 10.2 Å². The van der Waals surface area contributed by atoms with Crippen LogP contribution in [0.2, 0.25) is 0 Å². The molecule has 2 aromatic rings. The van der Waals surface area contributed by atoms with Crippen LogP contribution in [0.15, 0.2) is 48.5 Å². The molecule has 150 valence electrons. The number of benzene rings is 2. The van der Waals surface area contributed by atoms with Gasteiger partial charge in [-0.1, -0.05) is 38.1 Å². The molecule has 0 fully saturated rings. The predicted molar refractivity (Wildman–Crippen MR) is 108 cm³/mol. The van der Waals surface area contributed by atoms with Crippen LogP contribution in [-0.4, -0.2) is 42.5 Å². The van der Waals surface area contributed by atoms with E-state index in [2.05, 4.69) is 24.1 Å². The van der Waals surface area contributed by atoms with Gasteiger partial charge in [-0.05, 0) is 36.3 Å². The zero-order valence-corrected chi connectivity index (χ0v) is 16.6. The van der Waals surface area contributed by atoms with Crippen molar-refractivity contribution in [2.45, 2.75) is 26.3 Å². The second-order valence-corrected chi connectivity index (χ2v) is 6.42. The maximum Gasteiger partial charge on any atom is 0.269 e. The maximum atomic E-state index is 12.4. The molecule has 0 aliphatic rings. The van der Waals surface area contributed by atoms with Crippen LogP contribution in [0.5, 0.6) is 5.75 Å². The Kier molecular flexibility index (Phi) is 7.95. The van der Waals surface area contributed by atoms with Gasteiger partial charge in [0, 0.05) is 18.7 Å². The Morgan fingerprint density at radius 1 is 1.18 bits per heavy atom. The van der Waals surface area contributed by atoms with Crippen LogP contribution in [0.1, 0.15) is 31.0 Å². The number of likely N-dealkylation sites (N-methyl/N-ethyl adjacent to an activating group) is 1. The molecule has 1 amide bonds. The largest absolute Gasteiger partial charge is 0.497 e. The molecule has 0 radical (unpaired) electrons. The second-order valence-electron chi connectivity index (χ2n) is 6.42. The lowest BCUT2D eigenvalue weighted by Crippen LogP contribution is -2.38. The van der Waals surface area contributed by atoms with E-state index < -0.39 is 4.92 Å². The highest BCUT2D eigenvalue weighted by molar-refractivity contribution is 5.78. The van der Waals surface area contributed by atoms with E-state index in [1.807, 2.05) is 24.3 Å². The SMILES string of the molecule is CCN(CC)C(CNC(=O)Cc1ccc([N+](=O)[O-])cc1)c1cccc(OC)c1. The van der Waals surface area contributed by atoms with Gasteiger partial charge in [0.1, 0.15) is 5.75 Å². The molecule has 7 heteroatoms. The fraction of sp³-hybridized carbons (Fsp3) is 0.381. The highest BCUT2D eigenvalue weighted by atomic mass is 16.6. The minimum atomic E-state index is -0.452. The van der Waals surface area contributed by atoms with Gasteiger partial charge in [-0.25, -0.2) is 0 Å². The van der Waals surface area contributed by atoms with E-state index in [-0.39, 0.29) is 24.1 Å². The summed E-state index contributed by atoms with van der Waals surface area (Å²) in [6.07, 6.45) is 0.182. The third-order valence-corrected chi connectivity index (χ3v) is 4.74. The number of non-ortho nitro benzene ring substituents is 1. The molecule has 0 aromatic heterocycles. The molecule has 1 N–H and O–H groups in total. The summed E-state index contributed by atoms with van der Waals surface area (Å²) < 4.78 is 5.33. The van der Waals surface area contributed by atoms with Crippen molar-refractivity contribution >= 4 is 11.6 Å². The quantitative estimate of drug-likeness (QED) is 0.501. The fourth-order valence-electron chi connectivity index (χ4n) is 3.16. The smallest absolute Gasteiger partial charge is 0.269 e. The maximum absolute atomic E-state index is 12.4. The lowest BCUT2D eigenvalue weighted by atomic mass is 10.0. The number of nitrogens with zero attached hydrogens (tertiary/aromatic N) is 2. The van der Waals surface area contributed by atoms with E-state index >= 15 is 0 Å². The minimum absolute atomic E-state index is 0.0174. The molecule has 0 heterocycles. The van der Waals surface area contributed by atoms with Gasteiger partial charge < -0.3 is 10.1 Å². The van der Waals surface area contributed by atoms with Crippen molar-refractivity contribution in [1.29, 1.82) is 0 Å². The van der Waals surface area contributed by atoms with Crippen LogP contribution >= 0.6 is 0 Å². The number of hydrogen-bond donors (Lipinski definition) is 1. The summed E-state index contributed by atoms with van der Waals surface area (Å²) in [5.74, 6) is 0.667. The minimum Gasteiger partial charge on any atom is -0.497 e. The van der Waals surface area contributed by atoms with Gasteiger partial charge in [0.05, 0.1) is 24.5 Å². The zero-order valence-electron chi connectivity index (χ0n) is 16.6. The number of amides is 1. The summed E-state index contributed by atoms with van der Waals surface area (Å²) >= 11 is 0. The van der Waals surface area contributed by atoms with Gasteiger partial charge in [-0.2, -0.15) is 0 Å². The highest BCUT2D eigenvalue weighted by Gasteiger charge is 2.19. The molecule has 0 saturated heterocycles. The molecule has 2 aromatic carbocycles. The molecule has 2 rings (SSSR count). The van der Waals surface area contributed by atoms with E-state index in [4.69, 9.17) is 4.74 Å². The Bertz CT molecular complexity index is 788. The lowest BCUT2D eigenvalue weighted by Gasteiger charge is -2.30. The van der Waals surface area contributed by atoms with Gasteiger partial charge in [0.25, 0.3) is 5.69 Å². The molecule has 7 nitrogen and oxygen atoms in total. The Morgan fingerprint density at radius 2 is 1.86 bits per heavy atom. The summed E-state index contributed by atoms with van der Waals surface area (Å²) in [6, 6.07) is 14.0. The summed E-state index contributed by atoms with van der Waals surface area (Å²) in [5.41, 5.74) is 1.84. The van der Waals surface area contributed by atoms with Crippen LogP contribution in [0.4, 0.5) is 5.69 Å². The Hall–Kier alpha value is -2.93.